The summed E-state index contributed by atoms with van der Waals surface area (Å²) in [6, 6.07) is 8.20. The third kappa shape index (κ3) is 3.14. The van der Waals surface area contributed by atoms with Crippen molar-refractivity contribution >= 4 is 11.4 Å². The predicted molar refractivity (Wildman–Crippen MR) is 99.8 cm³/mol. The quantitative estimate of drug-likeness (QED) is 0.917. The number of piperidine rings is 1. The number of nitrogens with zero attached hydrogens (tertiary/aromatic N) is 2. The molecule has 1 saturated carbocycles. The molecule has 1 saturated heterocycles. The van der Waals surface area contributed by atoms with Crippen molar-refractivity contribution in [2.75, 3.05) is 37.1 Å². The van der Waals surface area contributed by atoms with Gasteiger partial charge in [-0.2, -0.15) is 0 Å². The highest BCUT2D eigenvalue weighted by atomic mass is 16.5. The molecule has 24 heavy (non-hydrogen) atoms. The summed E-state index contributed by atoms with van der Waals surface area (Å²) in [7, 11) is 1.87. The number of rotatable bonds is 3. The van der Waals surface area contributed by atoms with Gasteiger partial charge in [-0.15, -0.1) is 0 Å². The molecule has 3 aliphatic rings. The third-order valence-electron chi connectivity index (χ3n) is 6.29. The van der Waals surface area contributed by atoms with E-state index in [-0.39, 0.29) is 0 Å². The summed E-state index contributed by atoms with van der Waals surface area (Å²) in [5.41, 5.74) is 4.07. The van der Waals surface area contributed by atoms with Crippen LogP contribution in [-0.4, -0.2) is 50.0 Å². The highest BCUT2D eigenvalue weighted by Gasteiger charge is 2.33. The van der Waals surface area contributed by atoms with Gasteiger partial charge >= 0.3 is 0 Å². The lowest BCUT2D eigenvalue weighted by Gasteiger charge is -2.43. The number of benzene rings is 1. The Balaban J connectivity index is 1.36. The number of methoxy groups -OCH3 is 1. The molecule has 0 bridgehead atoms. The number of aryl methyl sites for hydroxylation is 1. The van der Waals surface area contributed by atoms with Crippen LogP contribution in [0.15, 0.2) is 18.2 Å². The van der Waals surface area contributed by atoms with Crippen molar-refractivity contribution in [1.29, 1.82) is 0 Å². The smallest absolute Gasteiger partial charge is 0.0880 e. The first-order valence-corrected chi connectivity index (χ1v) is 9.62. The number of nitrogens with one attached hydrogen (secondary N) is 1. The number of fused-ring (bicyclic) bond motifs is 1. The number of hydrogen-bond acceptors (Lipinski definition) is 4. The summed E-state index contributed by atoms with van der Waals surface area (Å²) < 4.78 is 5.62. The van der Waals surface area contributed by atoms with Crippen LogP contribution in [0.1, 0.15) is 44.1 Å². The molecule has 4 heteroatoms. The summed E-state index contributed by atoms with van der Waals surface area (Å²) in [5.74, 6) is 0. The molecule has 0 amide bonds. The highest BCUT2D eigenvalue weighted by molar-refractivity contribution is 5.75. The van der Waals surface area contributed by atoms with Crippen LogP contribution in [0.2, 0.25) is 0 Å². The molecule has 0 spiro atoms. The van der Waals surface area contributed by atoms with Crippen molar-refractivity contribution in [2.24, 2.45) is 0 Å². The maximum atomic E-state index is 5.62. The monoisotopic (exact) mass is 329 g/mol. The van der Waals surface area contributed by atoms with E-state index in [1.165, 1.54) is 68.6 Å². The van der Waals surface area contributed by atoms with Gasteiger partial charge in [0.2, 0.25) is 0 Å². The lowest BCUT2D eigenvalue weighted by Crippen LogP contribution is -2.49. The second-order valence-electron chi connectivity index (χ2n) is 7.77. The molecule has 0 radical (unpaired) electrons. The Bertz CT molecular complexity index is 568. The van der Waals surface area contributed by atoms with E-state index in [9.17, 15) is 0 Å². The Hall–Kier alpha value is -1.26. The standard InChI is InChI=1S/C20H31N3O/c1-15-6-7-19-20(12-15)23(14-21-19)16-8-10-22(11-9-16)17-4-3-5-18(13-17)24-2/h6-7,12,16-18,21H,3-5,8-11,13-14H2,1-2H3/t17-,18-/m1/s1. The molecular weight excluding hydrogens is 298 g/mol. The average Bonchev–Trinajstić information content (AvgIpc) is 3.05. The summed E-state index contributed by atoms with van der Waals surface area (Å²) in [5, 5.41) is 3.56. The maximum Gasteiger partial charge on any atom is 0.0880 e. The lowest BCUT2D eigenvalue weighted by atomic mass is 9.90. The van der Waals surface area contributed by atoms with Crippen LogP contribution in [0.3, 0.4) is 0 Å². The van der Waals surface area contributed by atoms with E-state index in [1.807, 2.05) is 7.11 Å². The Morgan fingerprint density at radius 1 is 1.08 bits per heavy atom. The molecule has 1 aromatic rings. The van der Waals surface area contributed by atoms with Gasteiger partial charge in [0.1, 0.15) is 0 Å². The molecule has 2 atom stereocenters. The van der Waals surface area contributed by atoms with Gasteiger partial charge in [-0.25, -0.2) is 0 Å². The van der Waals surface area contributed by atoms with E-state index < -0.39 is 0 Å². The number of anilines is 2. The average molecular weight is 329 g/mol. The van der Waals surface area contributed by atoms with E-state index in [0.29, 0.717) is 12.1 Å². The Labute approximate surface area is 146 Å². The highest BCUT2D eigenvalue weighted by Crippen LogP contribution is 2.36. The molecule has 132 valence electrons. The van der Waals surface area contributed by atoms with Gasteiger partial charge in [0.25, 0.3) is 0 Å². The zero-order valence-corrected chi connectivity index (χ0v) is 15.1. The summed E-state index contributed by atoms with van der Waals surface area (Å²) in [4.78, 5) is 5.33. The van der Waals surface area contributed by atoms with Crippen LogP contribution < -0.4 is 10.2 Å². The molecule has 1 aliphatic carbocycles. The van der Waals surface area contributed by atoms with E-state index >= 15 is 0 Å². The molecular formula is C20H31N3O. The number of hydrogen-bond donors (Lipinski definition) is 1. The normalized spacial score (nSPS) is 28.7. The van der Waals surface area contributed by atoms with E-state index in [4.69, 9.17) is 4.74 Å². The van der Waals surface area contributed by atoms with Gasteiger partial charge < -0.3 is 19.9 Å². The first-order chi connectivity index (χ1) is 11.7. The second kappa shape index (κ2) is 6.93. The molecule has 0 aromatic heterocycles. The van der Waals surface area contributed by atoms with Gasteiger partial charge in [-0.1, -0.05) is 6.07 Å². The van der Waals surface area contributed by atoms with Crippen LogP contribution in [0, 0.1) is 6.92 Å². The molecule has 0 unspecified atom stereocenters. The van der Waals surface area contributed by atoms with E-state index in [1.54, 1.807) is 0 Å². The molecule has 2 aliphatic heterocycles. The van der Waals surface area contributed by atoms with Gasteiger partial charge in [-0.3, -0.25) is 0 Å². The predicted octanol–water partition coefficient (Wildman–Crippen LogP) is 3.61. The molecule has 4 rings (SSSR count). The summed E-state index contributed by atoms with van der Waals surface area (Å²) >= 11 is 0. The van der Waals surface area contributed by atoms with Crippen LogP contribution in [0.4, 0.5) is 11.4 Å². The van der Waals surface area contributed by atoms with Crippen LogP contribution in [-0.2, 0) is 4.74 Å². The first kappa shape index (κ1) is 16.2. The van der Waals surface area contributed by atoms with Gasteiger partial charge in [0, 0.05) is 32.3 Å². The molecule has 2 fully saturated rings. The van der Waals surface area contributed by atoms with Crippen LogP contribution in [0.5, 0.6) is 0 Å². The van der Waals surface area contributed by atoms with Gasteiger partial charge in [-0.05, 0) is 63.1 Å². The van der Waals surface area contributed by atoms with Crippen LogP contribution >= 0.6 is 0 Å². The Morgan fingerprint density at radius 3 is 2.71 bits per heavy atom. The second-order valence-corrected chi connectivity index (χ2v) is 7.77. The fourth-order valence-electron chi connectivity index (χ4n) is 4.84. The minimum absolute atomic E-state index is 0.485. The zero-order chi connectivity index (χ0) is 16.5. The first-order valence-electron chi connectivity index (χ1n) is 9.62. The fraction of sp³-hybridized carbons (Fsp3) is 0.700. The molecule has 2 heterocycles. The van der Waals surface area contributed by atoms with Crippen molar-refractivity contribution in [3.8, 4) is 0 Å². The minimum atomic E-state index is 0.485. The Morgan fingerprint density at radius 2 is 1.92 bits per heavy atom. The SMILES string of the molecule is CO[C@@H]1CCC[C@@H](N2CCC(N3CNc4ccc(C)cc43)CC2)C1. The number of likely N-dealkylation sites (tertiary alicyclic amines) is 1. The summed E-state index contributed by atoms with van der Waals surface area (Å²) in [6.45, 7) is 5.64. The van der Waals surface area contributed by atoms with Crippen molar-refractivity contribution in [2.45, 2.75) is 63.6 Å². The third-order valence-corrected chi connectivity index (χ3v) is 6.29. The summed E-state index contributed by atoms with van der Waals surface area (Å²) in [6.07, 6.45) is 8.21. The van der Waals surface area contributed by atoms with Gasteiger partial charge in [0.15, 0.2) is 0 Å². The molecule has 4 nitrogen and oxygen atoms in total. The largest absolute Gasteiger partial charge is 0.381 e. The lowest BCUT2D eigenvalue weighted by molar-refractivity contribution is 0.0210. The molecule has 1 aromatic carbocycles. The van der Waals surface area contributed by atoms with E-state index in [0.717, 1.165) is 12.7 Å². The van der Waals surface area contributed by atoms with Gasteiger partial charge in [0.05, 0.1) is 24.1 Å². The minimum Gasteiger partial charge on any atom is -0.381 e. The maximum absolute atomic E-state index is 5.62. The fourth-order valence-corrected chi connectivity index (χ4v) is 4.84. The van der Waals surface area contributed by atoms with Crippen LogP contribution in [0.25, 0.3) is 0 Å². The molecule has 1 N–H and O–H groups in total. The number of ether oxygens (including phenoxy) is 1. The van der Waals surface area contributed by atoms with Crippen molar-refractivity contribution in [3.05, 3.63) is 23.8 Å². The van der Waals surface area contributed by atoms with E-state index in [2.05, 4.69) is 40.2 Å². The van der Waals surface area contributed by atoms with Crippen molar-refractivity contribution < 1.29 is 4.74 Å². The topological polar surface area (TPSA) is 27.7 Å². The Kier molecular flexibility index (Phi) is 4.68. The van der Waals surface area contributed by atoms with Crippen molar-refractivity contribution in [1.82, 2.24) is 4.90 Å². The zero-order valence-electron chi connectivity index (χ0n) is 15.1. The van der Waals surface area contributed by atoms with Crippen molar-refractivity contribution in [3.63, 3.8) is 0 Å².